The van der Waals surface area contributed by atoms with E-state index in [1.807, 2.05) is 0 Å². The lowest BCUT2D eigenvalue weighted by Gasteiger charge is -2.54. The van der Waals surface area contributed by atoms with Crippen LogP contribution in [0.4, 0.5) is 14.9 Å². The van der Waals surface area contributed by atoms with Crippen LogP contribution < -0.4 is 15.5 Å². The van der Waals surface area contributed by atoms with Gasteiger partial charge in [0.05, 0.1) is 40.2 Å². The molecular formula is C20H16FN5O5S. The summed E-state index contributed by atoms with van der Waals surface area (Å²) in [6.45, 7) is 2.28. The van der Waals surface area contributed by atoms with Crippen LogP contribution in [0.2, 0.25) is 0 Å². The van der Waals surface area contributed by atoms with Gasteiger partial charge in [0.25, 0.3) is 0 Å². The molecule has 6 rings (SSSR count). The van der Waals surface area contributed by atoms with Crippen molar-refractivity contribution in [3.8, 4) is 10.6 Å². The molecule has 0 saturated carbocycles. The van der Waals surface area contributed by atoms with Crippen LogP contribution in [-0.2, 0) is 20.7 Å². The van der Waals surface area contributed by atoms with Crippen LogP contribution >= 0.6 is 11.3 Å². The number of barbiturate groups is 1. The molecule has 12 heteroatoms. The maximum atomic E-state index is 15.8. The maximum Gasteiger partial charge on any atom is 0.328 e. The Hall–Kier alpha value is -3.38. The summed E-state index contributed by atoms with van der Waals surface area (Å²) in [7, 11) is 0. The number of hydrogen-bond acceptors (Lipinski definition) is 9. The Morgan fingerprint density at radius 2 is 2.06 bits per heavy atom. The average Bonchev–Trinajstić information content (AvgIpc) is 3.41. The third-order valence-corrected chi connectivity index (χ3v) is 7.22. The van der Waals surface area contributed by atoms with E-state index in [0.29, 0.717) is 21.5 Å². The highest BCUT2D eigenvalue weighted by atomic mass is 32.1. The molecule has 10 nitrogen and oxygen atoms in total. The molecule has 32 heavy (non-hydrogen) atoms. The summed E-state index contributed by atoms with van der Waals surface area (Å²) in [5.41, 5.74) is 1.11. The normalized spacial score (nSPS) is 24.3. The van der Waals surface area contributed by atoms with Crippen molar-refractivity contribution in [2.24, 2.45) is 5.41 Å². The average molecular weight is 457 g/mol. The smallest absolute Gasteiger partial charge is 0.328 e. The number of carbonyl (C=O) groups excluding carboxylic acids is 3. The van der Waals surface area contributed by atoms with Gasteiger partial charge >= 0.3 is 6.03 Å². The van der Waals surface area contributed by atoms with Crippen molar-refractivity contribution in [2.45, 2.75) is 25.5 Å². The quantitative estimate of drug-likeness (QED) is 0.528. The van der Waals surface area contributed by atoms with Crippen molar-refractivity contribution in [3.63, 3.8) is 0 Å². The van der Waals surface area contributed by atoms with Crippen molar-refractivity contribution in [2.75, 3.05) is 18.1 Å². The number of anilines is 1. The van der Waals surface area contributed by atoms with E-state index in [0.717, 1.165) is 0 Å². The lowest BCUT2D eigenvalue weighted by Crippen LogP contribution is -2.74. The fourth-order valence-electron chi connectivity index (χ4n) is 5.17. The molecule has 1 spiro atoms. The molecule has 164 valence electrons. The van der Waals surface area contributed by atoms with Gasteiger partial charge in [0.15, 0.2) is 11.2 Å². The molecule has 2 aromatic heterocycles. The zero-order valence-electron chi connectivity index (χ0n) is 16.7. The number of morpholine rings is 1. The lowest BCUT2D eigenvalue weighted by atomic mass is 9.66. The third-order valence-electron chi connectivity index (χ3n) is 6.44. The minimum Gasteiger partial charge on any atom is -0.374 e. The number of fused-ring (bicyclic) bond motifs is 5. The first kappa shape index (κ1) is 19.3. The molecule has 3 aromatic rings. The Balaban J connectivity index is 1.61. The summed E-state index contributed by atoms with van der Waals surface area (Å²) in [5, 5.41) is 8.89. The maximum absolute atomic E-state index is 15.8. The van der Waals surface area contributed by atoms with Gasteiger partial charge in [0.1, 0.15) is 5.69 Å². The Morgan fingerprint density at radius 1 is 1.28 bits per heavy atom. The zero-order chi connectivity index (χ0) is 22.2. The van der Waals surface area contributed by atoms with E-state index in [2.05, 4.69) is 20.8 Å². The Bertz CT molecular complexity index is 1290. The third kappa shape index (κ3) is 2.38. The summed E-state index contributed by atoms with van der Waals surface area (Å²) < 4.78 is 26.9. The van der Waals surface area contributed by atoms with Gasteiger partial charge in [-0.05, 0) is 18.6 Å². The number of rotatable bonds is 1. The standard InChI is InChI=1S/C20H16FN5O5S/c1-8-16-20(17(27)23-19(29)24-18(20)28)5-9-4-10-13(11-6-22-7-32-11)25-31-15(10)12(21)14(9)26(16)2-3-30-8/h4,6-8,16H,2-3,5H2,1H3,(H2,23,24,27,28,29)/t8-,16+/m0/s1. The first-order valence-corrected chi connectivity index (χ1v) is 10.8. The van der Waals surface area contributed by atoms with Gasteiger partial charge in [0, 0.05) is 19.2 Å². The summed E-state index contributed by atoms with van der Waals surface area (Å²) in [5.74, 6) is -2.06. The number of benzene rings is 1. The Kier molecular flexibility index (Phi) is 3.96. The number of urea groups is 1. The van der Waals surface area contributed by atoms with E-state index in [1.165, 1.54) is 11.3 Å². The van der Waals surface area contributed by atoms with Crippen LogP contribution in [-0.4, -0.2) is 53.3 Å². The van der Waals surface area contributed by atoms with E-state index in [1.54, 1.807) is 29.6 Å². The minimum absolute atomic E-state index is 0.00581. The van der Waals surface area contributed by atoms with Crippen LogP contribution in [0.5, 0.6) is 0 Å². The summed E-state index contributed by atoms with van der Waals surface area (Å²) in [4.78, 5) is 44.5. The van der Waals surface area contributed by atoms with Crippen LogP contribution in [0, 0.1) is 11.2 Å². The first-order valence-electron chi connectivity index (χ1n) is 9.96. The summed E-state index contributed by atoms with van der Waals surface area (Å²) in [6.07, 6.45) is 0.926. The number of thiazole rings is 1. The van der Waals surface area contributed by atoms with Crippen LogP contribution in [0.1, 0.15) is 12.5 Å². The summed E-state index contributed by atoms with van der Waals surface area (Å²) >= 11 is 1.33. The monoisotopic (exact) mass is 457 g/mol. The highest BCUT2D eigenvalue weighted by Crippen LogP contribution is 2.49. The van der Waals surface area contributed by atoms with Crippen LogP contribution in [0.15, 0.2) is 22.3 Å². The number of hydrogen-bond donors (Lipinski definition) is 2. The topological polar surface area (TPSA) is 127 Å². The fraction of sp³-hybridized carbons (Fsp3) is 0.350. The number of ether oxygens (including phenoxy) is 1. The molecule has 3 aliphatic rings. The largest absolute Gasteiger partial charge is 0.374 e. The van der Waals surface area contributed by atoms with E-state index in [4.69, 9.17) is 9.26 Å². The predicted molar refractivity (Wildman–Crippen MR) is 109 cm³/mol. The SMILES string of the molecule is C[C@@H]1OCCN2c3c(cc4c(-c5cncs5)noc4c3F)CC3(C(=O)NC(=O)NC3=O)[C@@H]12. The van der Waals surface area contributed by atoms with E-state index in [9.17, 15) is 14.4 Å². The molecule has 2 atom stereocenters. The van der Waals surface area contributed by atoms with Crippen LogP contribution in [0.3, 0.4) is 0 Å². The number of nitrogens with zero attached hydrogens (tertiary/aromatic N) is 3. The highest BCUT2D eigenvalue weighted by Gasteiger charge is 2.62. The van der Waals surface area contributed by atoms with E-state index >= 15 is 4.39 Å². The molecule has 2 N–H and O–H groups in total. The van der Waals surface area contributed by atoms with Gasteiger partial charge in [-0.3, -0.25) is 25.2 Å². The van der Waals surface area contributed by atoms with Gasteiger partial charge in [-0.2, -0.15) is 0 Å². The summed E-state index contributed by atoms with van der Waals surface area (Å²) in [6, 6.07) is 0.0159. The number of amides is 4. The minimum atomic E-state index is -1.66. The second-order valence-corrected chi connectivity index (χ2v) is 8.96. The van der Waals surface area contributed by atoms with Crippen LogP contribution in [0.25, 0.3) is 21.5 Å². The molecule has 0 unspecified atom stereocenters. The van der Waals surface area contributed by atoms with E-state index < -0.39 is 41.2 Å². The fourth-order valence-corrected chi connectivity index (χ4v) is 5.79. The van der Waals surface area contributed by atoms with Crippen molar-refractivity contribution >= 4 is 45.8 Å². The molecule has 4 amide bonds. The predicted octanol–water partition coefficient (Wildman–Crippen LogP) is 1.59. The number of carbonyl (C=O) groups is 3. The Labute approximate surface area is 183 Å². The molecule has 0 aliphatic carbocycles. The highest BCUT2D eigenvalue weighted by molar-refractivity contribution is 7.13. The zero-order valence-corrected chi connectivity index (χ0v) is 17.5. The number of halogens is 1. The van der Waals surface area contributed by atoms with Gasteiger partial charge in [0.2, 0.25) is 17.4 Å². The van der Waals surface area contributed by atoms with Gasteiger partial charge in [-0.1, -0.05) is 5.16 Å². The number of aromatic nitrogens is 2. The van der Waals surface area contributed by atoms with Crippen molar-refractivity contribution in [1.29, 1.82) is 0 Å². The molecule has 3 aliphatic heterocycles. The second kappa shape index (κ2) is 6.56. The molecule has 2 saturated heterocycles. The molecule has 5 heterocycles. The van der Waals surface area contributed by atoms with Gasteiger partial charge in [-0.25, -0.2) is 9.18 Å². The molecule has 0 radical (unpaired) electrons. The lowest BCUT2D eigenvalue weighted by molar-refractivity contribution is -0.151. The van der Waals surface area contributed by atoms with Gasteiger partial charge in [-0.15, -0.1) is 11.3 Å². The van der Waals surface area contributed by atoms with Crippen molar-refractivity contribution < 1.29 is 28.0 Å². The van der Waals surface area contributed by atoms with Crippen molar-refractivity contribution in [1.82, 2.24) is 20.8 Å². The molecular weight excluding hydrogens is 441 g/mol. The van der Waals surface area contributed by atoms with Gasteiger partial charge < -0.3 is 14.2 Å². The number of imide groups is 2. The second-order valence-electron chi connectivity index (χ2n) is 8.07. The molecule has 2 fully saturated rings. The number of nitrogens with one attached hydrogen (secondary N) is 2. The van der Waals surface area contributed by atoms with Crippen molar-refractivity contribution in [3.05, 3.63) is 29.2 Å². The molecule has 1 aromatic carbocycles. The van der Waals surface area contributed by atoms with E-state index in [-0.39, 0.29) is 30.8 Å². The first-order chi connectivity index (χ1) is 15.4. The molecule has 0 bridgehead atoms. The Morgan fingerprint density at radius 3 is 2.78 bits per heavy atom.